The number of carboxylic acids is 1. The van der Waals surface area contributed by atoms with E-state index in [0.717, 1.165) is 0 Å². The highest BCUT2D eigenvalue weighted by molar-refractivity contribution is 7.77. The minimum absolute atomic E-state index is 0.0128. The highest BCUT2D eigenvalue weighted by Gasteiger charge is 2.22. The number of nitrogens with one attached hydrogen (secondary N) is 1. The number of thiocarbonyl (C=S) groups is 1. The van der Waals surface area contributed by atoms with Crippen molar-refractivity contribution >= 4 is 40.7 Å². The molecule has 6 nitrogen and oxygen atoms in total. The number of hydrogen-bond acceptors (Lipinski definition) is 6. The molecule has 0 bridgehead atoms. The molecule has 1 heterocycles. The van der Waals surface area contributed by atoms with Crippen LogP contribution in [0.3, 0.4) is 0 Å². The maximum atomic E-state index is 11.9. The van der Waals surface area contributed by atoms with E-state index in [0.29, 0.717) is 39.1 Å². The van der Waals surface area contributed by atoms with Gasteiger partial charge in [-0.1, -0.05) is 46.0 Å². The highest BCUT2D eigenvalue weighted by atomic mass is 32.1. The number of benzene rings is 3. The summed E-state index contributed by atoms with van der Waals surface area (Å²) in [5.74, 6) is 2.10. The Kier molecular flexibility index (Phi) is 10.7. The Labute approximate surface area is 198 Å². The molecule has 0 spiro atoms. The predicted molar refractivity (Wildman–Crippen MR) is 140 cm³/mol. The van der Waals surface area contributed by atoms with E-state index in [1.807, 2.05) is 27.7 Å². The fourth-order valence-corrected chi connectivity index (χ4v) is 3.24. The first-order valence-corrected chi connectivity index (χ1v) is 11.1. The van der Waals surface area contributed by atoms with Gasteiger partial charge in [-0.3, -0.25) is 4.79 Å². The van der Waals surface area contributed by atoms with Crippen LogP contribution in [0.15, 0.2) is 63.8 Å². The number of phenolic OH excluding ortho intramolecular Hbond substituents is 1. The smallest absolute Gasteiger partial charge is 0.336 e. The zero-order chi connectivity index (χ0) is 25.1. The van der Waals surface area contributed by atoms with Gasteiger partial charge in [0, 0.05) is 41.4 Å². The van der Waals surface area contributed by atoms with Crippen LogP contribution in [0.25, 0.3) is 33.4 Å². The van der Waals surface area contributed by atoms with Crippen molar-refractivity contribution < 1.29 is 19.4 Å². The second kappa shape index (κ2) is 13.0. The number of carbonyl (C=O) groups is 1. The van der Waals surface area contributed by atoms with Crippen LogP contribution < -0.4 is 10.7 Å². The van der Waals surface area contributed by atoms with Crippen LogP contribution in [0.4, 0.5) is 5.69 Å². The van der Waals surface area contributed by atoms with Crippen LogP contribution >= 0.6 is 12.2 Å². The van der Waals surface area contributed by atoms with Gasteiger partial charge >= 0.3 is 5.97 Å². The summed E-state index contributed by atoms with van der Waals surface area (Å²) in [6, 6.07) is 14.1. The molecule has 1 aliphatic heterocycles. The molecular formula is C26H29NO5S. The number of phenols is 1. The molecule has 1 aliphatic carbocycles. The van der Waals surface area contributed by atoms with Crippen molar-refractivity contribution in [2.75, 3.05) is 12.4 Å². The van der Waals surface area contributed by atoms with E-state index in [-0.39, 0.29) is 16.7 Å². The maximum absolute atomic E-state index is 11.9. The van der Waals surface area contributed by atoms with Crippen molar-refractivity contribution in [1.29, 1.82) is 0 Å². The quantitative estimate of drug-likeness (QED) is 0.228. The normalized spacial score (nSPS) is 9.48. The molecule has 4 rings (SSSR count). The summed E-state index contributed by atoms with van der Waals surface area (Å²) in [5.41, 5.74) is 2.67. The van der Waals surface area contributed by atoms with E-state index in [1.165, 1.54) is 24.3 Å². The van der Waals surface area contributed by atoms with Gasteiger partial charge in [-0.05, 0) is 47.8 Å². The van der Waals surface area contributed by atoms with Crippen LogP contribution in [0.5, 0.6) is 5.75 Å². The number of carboxylic acid groups (broad SMARTS) is 1. The number of rotatable bonds is 3. The first-order chi connectivity index (χ1) is 16.0. The molecule has 33 heavy (non-hydrogen) atoms. The molecular weight excluding hydrogens is 438 g/mol. The van der Waals surface area contributed by atoms with Gasteiger partial charge < -0.3 is 19.9 Å². The van der Waals surface area contributed by atoms with Gasteiger partial charge in [0.25, 0.3) is 0 Å². The van der Waals surface area contributed by atoms with Gasteiger partial charge in [-0.25, -0.2) is 4.79 Å². The van der Waals surface area contributed by atoms with E-state index < -0.39 is 5.97 Å². The number of aromatic carboxylic acids is 1. The average Bonchev–Trinajstić information content (AvgIpc) is 2.85. The predicted octanol–water partition coefficient (Wildman–Crippen LogP) is 6.68. The van der Waals surface area contributed by atoms with E-state index in [2.05, 4.69) is 23.4 Å². The van der Waals surface area contributed by atoms with Crippen LogP contribution in [0, 0.1) is 0 Å². The topological polar surface area (TPSA) is 99.8 Å². The van der Waals surface area contributed by atoms with Crippen molar-refractivity contribution in [3.63, 3.8) is 0 Å². The van der Waals surface area contributed by atoms with Crippen LogP contribution in [-0.4, -0.2) is 29.1 Å². The minimum atomic E-state index is -1.07. The second-order valence-electron chi connectivity index (χ2n) is 6.13. The fourth-order valence-electron chi connectivity index (χ4n) is 3.24. The van der Waals surface area contributed by atoms with Crippen molar-refractivity contribution in [3.05, 3.63) is 70.4 Å². The Morgan fingerprint density at radius 1 is 0.939 bits per heavy atom. The summed E-state index contributed by atoms with van der Waals surface area (Å²) in [7, 11) is 1.71. The molecule has 2 aliphatic rings. The Bertz CT molecular complexity index is 1250. The van der Waals surface area contributed by atoms with Crippen molar-refractivity contribution in [2.45, 2.75) is 27.7 Å². The molecule has 0 saturated carbocycles. The summed E-state index contributed by atoms with van der Waals surface area (Å²) in [6.45, 7) is 8.00. The lowest BCUT2D eigenvalue weighted by Crippen LogP contribution is -2.04. The monoisotopic (exact) mass is 467 g/mol. The molecule has 2 aromatic carbocycles. The van der Waals surface area contributed by atoms with Crippen molar-refractivity contribution in [1.82, 2.24) is 0 Å². The fraction of sp³-hybridized carbons (Fsp3) is 0.192. The number of aromatic hydroxyl groups is 1. The van der Waals surface area contributed by atoms with Crippen molar-refractivity contribution in [3.8, 4) is 28.2 Å². The Balaban J connectivity index is 0.000000841. The van der Waals surface area contributed by atoms with Crippen molar-refractivity contribution in [2.24, 2.45) is 0 Å². The van der Waals surface area contributed by atoms with E-state index >= 15 is 0 Å². The summed E-state index contributed by atoms with van der Waals surface area (Å²) in [4.78, 5) is 23.7. The minimum Gasteiger partial charge on any atom is -0.508 e. The summed E-state index contributed by atoms with van der Waals surface area (Å²) in [6.07, 6.45) is 0. The standard InChI is InChI=1S/C21H15NO5.2C2H6.CH2S/c1-22-11-2-5-14(17(8-11)21(25)26)20-15-6-3-12(23)9-18(15)27-19-10-13(24)4-7-16(19)20;3*1-2/h2-10,22-23H,1H3,(H,25,26);2*1-2H3;1H2. The Hall–Kier alpha value is -3.71. The molecule has 0 fully saturated rings. The molecule has 0 atom stereocenters. The third-order valence-corrected chi connectivity index (χ3v) is 4.48. The SMILES string of the molecule is C=S.CC.CC.CNc1ccc(-c2c3ccc(=O)cc-3oc3cc(O)ccc23)c(C(=O)O)c1. The summed E-state index contributed by atoms with van der Waals surface area (Å²) in [5, 5.41) is 23.1. The van der Waals surface area contributed by atoms with Gasteiger partial charge in [-0.2, -0.15) is 0 Å². The average molecular weight is 468 g/mol. The highest BCUT2D eigenvalue weighted by Crippen LogP contribution is 2.42. The molecule has 0 unspecified atom stereocenters. The number of fused-ring (bicyclic) bond motifs is 2. The van der Waals surface area contributed by atoms with Crippen LogP contribution in [0.1, 0.15) is 38.1 Å². The van der Waals surface area contributed by atoms with Gasteiger partial charge in [0.05, 0.1) is 5.56 Å². The Morgan fingerprint density at radius 2 is 1.58 bits per heavy atom. The van der Waals surface area contributed by atoms with Gasteiger partial charge in [0.15, 0.2) is 5.43 Å². The van der Waals surface area contributed by atoms with E-state index in [9.17, 15) is 19.8 Å². The number of anilines is 1. The lowest BCUT2D eigenvalue weighted by molar-refractivity contribution is 0.0698. The molecule has 7 heteroatoms. The maximum Gasteiger partial charge on any atom is 0.336 e. The molecule has 0 aromatic heterocycles. The summed E-state index contributed by atoms with van der Waals surface area (Å²) < 4.78 is 5.80. The first kappa shape index (κ1) is 27.3. The molecule has 0 amide bonds. The molecule has 2 aromatic rings. The van der Waals surface area contributed by atoms with E-state index in [1.54, 1.807) is 37.4 Å². The third-order valence-electron chi connectivity index (χ3n) is 4.48. The third kappa shape index (κ3) is 5.96. The van der Waals surface area contributed by atoms with Gasteiger partial charge in [0.1, 0.15) is 17.1 Å². The number of hydrogen-bond donors (Lipinski definition) is 3. The molecule has 0 radical (unpaired) electrons. The lowest BCUT2D eigenvalue weighted by atomic mass is 9.90. The molecule has 3 N–H and O–H groups in total. The van der Waals surface area contributed by atoms with Crippen LogP contribution in [0.2, 0.25) is 0 Å². The zero-order valence-corrected chi connectivity index (χ0v) is 20.2. The Morgan fingerprint density at radius 3 is 2.18 bits per heavy atom. The molecule has 0 saturated heterocycles. The summed E-state index contributed by atoms with van der Waals surface area (Å²) >= 11 is 3.83. The second-order valence-corrected chi connectivity index (χ2v) is 6.13. The zero-order valence-electron chi connectivity index (χ0n) is 19.4. The van der Waals surface area contributed by atoms with Gasteiger partial charge in [0.2, 0.25) is 0 Å². The van der Waals surface area contributed by atoms with Crippen LogP contribution in [-0.2, 0) is 0 Å². The molecule has 174 valence electrons. The van der Waals surface area contributed by atoms with E-state index in [4.69, 9.17) is 4.42 Å². The van der Waals surface area contributed by atoms with Gasteiger partial charge in [-0.15, -0.1) is 0 Å². The first-order valence-electron chi connectivity index (χ1n) is 10.5. The lowest BCUT2D eigenvalue weighted by Gasteiger charge is -2.17. The largest absolute Gasteiger partial charge is 0.508 e.